The molecule has 2 rings (SSSR count). The highest BCUT2D eigenvalue weighted by molar-refractivity contribution is 5.98. The molecule has 1 heterocycles. The Balaban J connectivity index is 2.04. The molecule has 1 saturated heterocycles. The molecule has 0 radical (unpaired) electrons. The average Bonchev–Trinajstić information content (AvgIpc) is 2.38. The quantitative estimate of drug-likeness (QED) is 0.903. The number of nitrogens with zero attached hydrogens (tertiary/aromatic N) is 1. The van der Waals surface area contributed by atoms with E-state index < -0.39 is 5.41 Å². The number of hydrogen-bond donors (Lipinski definition) is 1. The van der Waals surface area contributed by atoms with Gasteiger partial charge in [-0.2, -0.15) is 5.26 Å². The van der Waals surface area contributed by atoms with Gasteiger partial charge >= 0.3 is 0 Å². The van der Waals surface area contributed by atoms with Gasteiger partial charge in [0.1, 0.15) is 0 Å². The van der Waals surface area contributed by atoms with Gasteiger partial charge in [0.05, 0.1) is 19.3 Å². The Morgan fingerprint density at radius 3 is 2.53 bits per heavy atom. The van der Waals surface area contributed by atoms with Crippen LogP contribution in [0.25, 0.3) is 0 Å². The van der Waals surface area contributed by atoms with Crippen LogP contribution in [0.3, 0.4) is 0 Å². The molecule has 1 aliphatic rings. The highest BCUT2D eigenvalue weighted by atomic mass is 16.5. The number of anilines is 1. The van der Waals surface area contributed by atoms with Gasteiger partial charge in [-0.15, -0.1) is 0 Å². The van der Waals surface area contributed by atoms with Crippen LogP contribution in [0.5, 0.6) is 0 Å². The van der Waals surface area contributed by atoms with E-state index in [4.69, 9.17) is 10.00 Å². The van der Waals surface area contributed by atoms with Gasteiger partial charge in [-0.05, 0) is 30.0 Å². The molecule has 0 aliphatic carbocycles. The number of amides is 1. The molecule has 1 fully saturated rings. The summed E-state index contributed by atoms with van der Waals surface area (Å²) in [6, 6.07) is 9.82. The van der Waals surface area contributed by atoms with Crippen LogP contribution in [-0.2, 0) is 9.53 Å². The summed E-state index contributed by atoms with van der Waals surface area (Å²) in [5, 5.41) is 11.8. The van der Waals surface area contributed by atoms with Crippen molar-refractivity contribution >= 4 is 11.6 Å². The lowest BCUT2D eigenvalue weighted by molar-refractivity contribution is -0.144. The third-order valence-electron chi connectivity index (χ3n) is 3.70. The van der Waals surface area contributed by atoms with Gasteiger partial charge in [0.15, 0.2) is 5.41 Å². The lowest BCUT2D eigenvalue weighted by Crippen LogP contribution is -2.50. The molecule has 100 valence electrons. The molecule has 1 aliphatic heterocycles. The monoisotopic (exact) mass is 258 g/mol. The van der Waals surface area contributed by atoms with E-state index >= 15 is 0 Å². The van der Waals surface area contributed by atoms with Crippen molar-refractivity contribution in [3.8, 4) is 6.07 Å². The zero-order valence-electron chi connectivity index (χ0n) is 11.3. The highest BCUT2D eigenvalue weighted by Gasteiger charge is 2.46. The topological polar surface area (TPSA) is 62.1 Å². The minimum absolute atomic E-state index is 0.181. The summed E-state index contributed by atoms with van der Waals surface area (Å²) in [5.74, 6) is 0.229. The zero-order valence-corrected chi connectivity index (χ0v) is 11.3. The molecule has 1 amide bonds. The molecule has 0 spiro atoms. The summed E-state index contributed by atoms with van der Waals surface area (Å²) in [5.41, 5.74) is 0.969. The van der Waals surface area contributed by atoms with Crippen LogP contribution in [0.1, 0.15) is 31.7 Å². The van der Waals surface area contributed by atoms with Crippen molar-refractivity contribution in [1.82, 2.24) is 0 Å². The Kier molecular flexibility index (Phi) is 3.87. The number of benzene rings is 1. The second-order valence-corrected chi connectivity index (χ2v) is 5.07. The van der Waals surface area contributed by atoms with Crippen LogP contribution in [0.15, 0.2) is 24.3 Å². The molecule has 1 N–H and O–H groups in total. The largest absolute Gasteiger partial charge is 0.377 e. The van der Waals surface area contributed by atoms with Gasteiger partial charge in [-0.25, -0.2) is 0 Å². The first-order valence-corrected chi connectivity index (χ1v) is 6.51. The van der Waals surface area contributed by atoms with Crippen LogP contribution in [0, 0.1) is 16.7 Å². The number of carbonyl (C=O) groups is 1. The minimum Gasteiger partial charge on any atom is -0.377 e. The molecular formula is C15H18N2O2. The Hall–Kier alpha value is -1.86. The first-order chi connectivity index (χ1) is 9.11. The predicted octanol–water partition coefficient (Wildman–Crippen LogP) is 2.68. The Bertz CT molecular complexity index is 498. The van der Waals surface area contributed by atoms with E-state index in [9.17, 15) is 4.79 Å². The average molecular weight is 258 g/mol. The summed E-state index contributed by atoms with van der Waals surface area (Å²) in [6.45, 7) is 4.68. The number of rotatable bonds is 4. The van der Waals surface area contributed by atoms with Gasteiger partial charge in [-0.1, -0.05) is 26.0 Å². The number of ether oxygens (including phenoxy) is 1. The van der Waals surface area contributed by atoms with Crippen molar-refractivity contribution in [3.63, 3.8) is 0 Å². The normalized spacial score (nSPS) is 17.9. The van der Waals surface area contributed by atoms with Gasteiger partial charge in [0, 0.05) is 5.69 Å². The van der Waals surface area contributed by atoms with Crippen LogP contribution < -0.4 is 5.32 Å². The van der Waals surface area contributed by atoms with Crippen molar-refractivity contribution in [2.75, 3.05) is 18.5 Å². The van der Waals surface area contributed by atoms with Crippen molar-refractivity contribution in [3.05, 3.63) is 29.8 Å². The fourth-order valence-electron chi connectivity index (χ4n) is 1.93. The van der Waals surface area contributed by atoms with E-state index in [1.807, 2.05) is 30.3 Å². The Morgan fingerprint density at radius 2 is 2.11 bits per heavy atom. The molecule has 1 aromatic carbocycles. The van der Waals surface area contributed by atoms with Crippen LogP contribution in [0.2, 0.25) is 0 Å². The van der Waals surface area contributed by atoms with Gasteiger partial charge in [0.2, 0.25) is 5.91 Å². The molecule has 0 bridgehead atoms. The van der Waals surface area contributed by atoms with E-state index in [-0.39, 0.29) is 19.1 Å². The van der Waals surface area contributed by atoms with Crippen molar-refractivity contribution in [2.45, 2.75) is 26.2 Å². The summed E-state index contributed by atoms with van der Waals surface area (Å²) in [4.78, 5) is 12.0. The number of hydrogen-bond acceptors (Lipinski definition) is 3. The third-order valence-corrected chi connectivity index (χ3v) is 3.70. The molecule has 4 heteroatoms. The smallest absolute Gasteiger partial charge is 0.249 e. The van der Waals surface area contributed by atoms with Crippen LogP contribution >= 0.6 is 0 Å². The lowest BCUT2D eigenvalue weighted by atomic mass is 9.87. The summed E-state index contributed by atoms with van der Waals surface area (Å²) < 4.78 is 4.97. The Morgan fingerprint density at radius 1 is 1.47 bits per heavy atom. The molecule has 1 atom stereocenters. The summed E-state index contributed by atoms with van der Waals surface area (Å²) in [7, 11) is 0. The van der Waals surface area contributed by atoms with Crippen molar-refractivity contribution in [2.24, 2.45) is 5.41 Å². The molecule has 0 saturated carbocycles. The number of nitrogens with one attached hydrogen (secondary N) is 1. The second-order valence-electron chi connectivity index (χ2n) is 5.07. The van der Waals surface area contributed by atoms with E-state index in [2.05, 4.69) is 19.2 Å². The minimum atomic E-state index is -1.00. The zero-order chi connectivity index (χ0) is 13.9. The summed E-state index contributed by atoms with van der Waals surface area (Å²) >= 11 is 0. The van der Waals surface area contributed by atoms with Gasteiger partial charge in [-0.3, -0.25) is 4.79 Å². The summed E-state index contributed by atoms with van der Waals surface area (Å²) in [6.07, 6.45) is 1.08. The molecule has 0 aromatic heterocycles. The van der Waals surface area contributed by atoms with Crippen molar-refractivity contribution in [1.29, 1.82) is 5.26 Å². The third kappa shape index (κ3) is 2.61. The molecule has 1 unspecified atom stereocenters. The first kappa shape index (κ1) is 13.6. The molecule has 1 aromatic rings. The predicted molar refractivity (Wildman–Crippen MR) is 72.6 cm³/mol. The molecular weight excluding hydrogens is 240 g/mol. The van der Waals surface area contributed by atoms with Crippen LogP contribution in [0.4, 0.5) is 5.69 Å². The first-order valence-electron chi connectivity index (χ1n) is 6.51. The van der Waals surface area contributed by atoms with E-state index in [1.165, 1.54) is 5.56 Å². The maximum Gasteiger partial charge on any atom is 0.249 e. The maximum atomic E-state index is 12.0. The molecule has 19 heavy (non-hydrogen) atoms. The highest BCUT2D eigenvalue weighted by Crippen LogP contribution is 2.28. The van der Waals surface area contributed by atoms with E-state index in [0.717, 1.165) is 12.1 Å². The fourth-order valence-corrected chi connectivity index (χ4v) is 1.93. The SMILES string of the molecule is CCC(C)c1ccc(NC(=O)C2(C#N)COC2)cc1. The molecule has 4 nitrogen and oxygen atoms in total. The standard InChI is InChI=1S/C15H18N2O2/c1-3-11(2)12-4-6-13(7-5-12)17-14(18)15(8-16)9-19-10-15/h4-7,11H,3,9-10H2,1-2H3,(H,17,18). The van der Waals surface area contributed by atoms with Crippen molar-refractivity contribution < 1.29 is 9.53 Å². The van der Waals surface area contributed by atoms with E-state index in [1.54, 1.807) is 0 Å². The second kappa shape index (κ2) is 5.41. The van der Waals surface area contributed by atoms with Gasteiger partial charge in [0.25, 0.3) is 0 Å². The lowest BCUT2D eigenvalue weighted by Gasteiger charge is -2.33. The number of carbonyl (C=O) groups excluding carboxylic acids is 1. The Labute approximate surface area is 113 Å². The van der Waals surface area contributed by atoms with E-state index in [0.29, 0.717) is 5.92 Å². The van der Waals surface area contributed by atoms with Crippen LogP contribution in [-0.4, -0.2) is 19.1 Å². The maximum absolute atomic E-state index is 12.0. The number of nitriles is 1. The van der Waals surface area contributed by atoms with Gasteiger partial charge < -0.3 is 10.1 Å². The fraction of sp³-hybridized carbons (Fsp3) is 0.467.